The van der Waals surface area contributed by atoms with Crippen molar-refractivity contribution in [2.24, 2.45) is 0 Å². The molecule has 0 spiro atoms. The minimum absolute atomic E-state index is 0.0899. The Balaban J connectivity index is 2.34. The van der Waals surface area contributed by atoms with E-state index in [-0.39, 0.29) is 11.3 Å². The Morgan fingerprint density at radius 3 is 2.72 bits per heavy atom. The summed E-state index contributed by atoms with van der Waals surface area (Å²) in [6, 6.07) is 7.16. The van der Waals surface area contributed by atoms with E-state index >= 15 is 0 Å². The summed E-state index contributed by atoms with van der Waals surface area (Å²) in [5.41, 5.74) is 0. The zero-order valence-electron chi connectivity index (χ0n) is 10.4. The van der Waals surface area contributed by atoms with Crippen LogP contribution in [0.2, 0.25) is 0 Å². The Labute approximate surface area is 117 Å². The van der Waals surface area contributed by atoms with Crippen LogP contribution in [0.25, 0.3) is 0 Å². The number of hydrogen-bond acceptors (Lipinski definition) is 3. The smallest absolute Gasteiger partial charge is 0.183 e. The van der Waals surface area contributed by atoms with Crippen LogP contribution in [-0.2, 0) is 9.84 Å². The Bertz CT molecular complexity index is 515. The van der Waals surface area contributed by atoms with E-state index in [1.165, 1.54) is 0 Å². The average molecular weight is 332 g/mol. The van der Waals surface area contributed by atoms with Crippen molar-refractivity contribution in [1.82, 2.24) is 5.32 Å². The van der Waals surface area contributed by atoms with E-state index in [4.69, 9.17) is 0 Å². The highest BCUT2D eigenvalue weighted by molar-refractivity contribution is 9.10. The fourth-order valence-electron chi connectivity index (χ4n) is 2.63. The van der Waals surface area contributed by atoms with E-state index in [9.17, 15) is 8.42 Å². The predicted molar refractivity (Wildman–Crippen MR) is 76.4 cm³/mol. The maximum absolute atomic E-state index is 12.7. The average Bonchev–Trinajstić information content (AvgIpc) is 2.79. The van der Waals surface area contributed by atoms with E-state index in [1.807, 2.05) is 13.0 Å². The largest absolute Gasteiger partial charge is 0.313 e. The number of hydrogen-bond donors (Lipinski definition) is 1. The molecule has 2 atom stereocenters. The molecule has 1 fully saturated rings. The number of halogens is 1. The molecule has 1 aliphatic rings. The van der Waals surface area contributed by atoms with Crippen LogP contribution < -0.4 is 5.32 Å². The molecule has 0 bridgehead atoms. The van der Waals surface area contributed by atoms with Gasteiger partial charge in [0.15, 0.2) is 9.84 Å². The fraction of sp³-hybridized carbons (Fsp3) is 0.538. The first-order valence-corrected chi connectivity index (χ1v) is 8.63. The minimum atomic E-state index is -3.25. The highest BCUT2D eigenvalue weighted by Crippen LogP contribution is 2.33. The van der Waals surface area contributed by atoms with E-state index in [0.717, 1.165) is 25.8 Å². The summed E-state index contributed by atoms with van der Waals surface area (Å²) in [5, 5.41) is 3.00. The first-order valence-electron chi connectivity index (χ1n) is 6.29. The maximum Gasteiger partial charge on any atom is 0.183 e. The minimum Gasteiger partial charge on any atom is -0.313 e. The molecule has 2 unspecified atom stereocenters. The molecule has 100 valence electrons. The van der Waals surface area contributed by atoms with Gasteiger partial charge >= 0.3 is 0 Å². The molecule has 0 aromatic heterocycles. The van der Waals surface area contributed by atoms with Gasteiger partial charge in [-0.1, -0.05) is 25.5 Å². The molecule has 1 aromatic carbocycles. The first-order chi connectivity index (χ1) is 8.57. The maximum atomic E-state index is 12.7. The molecule has 1 aromatic rings. The molecule has 0 radical (unpaired) electrons. The van der Waals surface area contributed by atoms with Crippen LogP contribution in [0, 0.1) is 0 Å². The fourth-order valence-corrected chi connectivity index (χ4v) is 5.67. The number of rotatable bonds is 4. The van der Waals surface area contributed by atoms with Crippen LogP contribution in [0.15, 0.2) is 33.6 Å². The zero-order valence-corrected chi connectivity index (χ0v) is 12.8. The van der Waals surface area contributed by atoms with Crippen LogP contribution in [-0.4, -0.2) is 26.3 Å². The van der Waals surface area contributed by atoms with Gasteiger partial charge in [-0.05, 0) is 47.4 Å². The topological polar surface area (TPSA) is 46.2 Å². The van der Waals surface area contributed by atoms with Crippen LogP contribution in [0.5, 0.6) is 0 Å². The molecular weight excluding hydrogens is 314 g/mol. The summed E-state index contributed by atoms with van der Waals surface area (Å²) < 4.78 is 26.0. The summed E-state index contributed by atoms with van der Waals surface area (Å²) in [6.07, 6.45) is 2.68. The van der Waals surface area contributed by atoms with Crippen LogP contribution in [0.1, 0.15) is 26.2 Å². The molecule has 2 rings (SSSR count). The van der Waals surface area contributed by atoms with Crippen molar-refractivity contribution >= 4 is 25.8 Å². The van der Waals surface area contributed by atoms with Gasteiger partial charge in [-0.15, -0.1) is 0 Å². The third kappa shape index (κ3) is 2.63. The van der Waals surface area contributed by atoms with Gasteiger partial charge in [0.2, 0.25) is 0 Å². The van der Waals surface area contributed by atoms with E-state index < -0.39 is 9.84 Å². The molecule has 0 amide bonds. The lowest BCUT2D eigenvalue weighted by molar-refractivity contribution is 0.517. The molecule has 1 saturated carbocycles. The number of benzene rings is 1. The van der Waals surface area contributed by atoms with Gasteiger partial charge in [0.05, 0.1) is 10.1 Å². The molecule has 3 nitrogen and oxygen atoms in total. The quantitative estimate of drug-likeness (QED) is 0.922. The molecule has 5 heteroatoms. The summed E-state index contributed by atoms with van der Waals surface area (Å²) in [7, 11) is -3.25. The molecule has 0 aliphatic heterocycles. The molecule has 1 N–H and O–H groups in total. The highest BCUT2D eigenvalue weighted by atomic mass is 79.9. The van der Waals surface area contributed by atoms with Crippen molar-refractivity contribution in [2.45, 2.75) is 42.4 Å². The van der Waals surface area contributed by atoms with Crippen molar-refractivity contribution in [3.8, 4) is 0 Å². The molecule has 0 saturated heterocycles. The van der Waals surface area contributed by atoms with Gasteiger partial charge in [0.1, 0.15) is 0 Å². The highest BCUT2D eigenvalue weighted by Gasteiger charge is 2.38. The van der Waals surface area contributed by atoms with E-state index in [2.05, 4.69) is 21.2 Å². The number of sulfone groups is 1. The Morgan fingerprint density at radius 1 is 1.33 bits per heavy atom. The van der Waals surface area contributed by atoms with Gasteiger partial charge in [-0.2, -0.15) is 0 Å². The van der Waals surface area contributed by atoms with Crippen LogP contribution in [0.3, 0.4) is 0 Å². The van der Waals surface area contributed by atoms with Crippen molar-refractivity contribution in [3.63, 3.8) is 0 Å². The van der Waals surface area contributed by atoms with Gasteiger partial charge in [0, 0.05) is 10.5 Å². The van der Waals surface area contributed by atoms with Crippen molar-refractivity contribution < 1.29 is 8.42 Å². The van der Waals surface area contributed by atoms with E-state index in [0.29, 0.717) is 9.37 Å². The standard InChI is InChI=1S/C13H18BrNO2S/c1-2-15-11-7-5-9-13(11)18(16,17)12-8-4-3-6-10(12)14/h3-4,6,8,11,13,15H,2,5,7,9H2,1H3. The monoisotopic (exact) mass is 331 g/mol. The predicted octanol–water partition coefficient (Wildman–Crippen LogP) is 2.75. The van der Waals surface area contributed by atoms with Gasteiger partial charge in [-0.25, -0.2) is 8.42 Å². The Hall–Kier alpha value is -0.390. The van der Waals surface area contributed by atoms with Crippen LogP contribution in [0.4, 0.5) is 0 Å². The SMILES string of the molecule is CCNC1CCCC1S(=O)(=O)c1ccccc1Br. The second-order valence-electron chi connectivity index (χ2n) is 4.61. The summed E-state index contributed by atoms with van der Waals surface area (Å²) in [4.78, 5) is 0.416. The Morgan fingerprint density at radius 2 is 2.06 bits per heavy atom. The van der Waals surface area contributed by atoms with Crippen LogP contribution >= 0.6 is 15.9 Å². The zero-order chi connectivity index (χ0) is 13.2. The van der Waals surface area contributed by atoms with Crippen molar-refractivity contribution in [1.29, 1.82) is 0 Å². The molecule has 0 heterocycles. The summed E-state index contributed by atoms with van der Waals surface area (Å²) in [6.45, 7) is 2.83. The second kappa shape index (κ2) is 5.72. The molecule has 1 aliphatic carbocycles. The first kappa shape index (κ1) is 14.0. The second-order valence-corrected chi connectivity index (χ2v) is 7.60. The lowest BCUT2D eigenvalue weighted by Crippen LogP contribution is -2.40. The van der Waals surface area contributed by atoms with Gasteiger partial charge in [0.25, 0.3) is 0 Å². The van der Waals surface area contributed by atoms with Gasteiger partial charge in [-0.3, -0.25) is 0 Å². The lowest BCUT2D eigenvalue weighted by atomic mass is 10.2. The third-order valence-corrected chi connectivity index (χ3v) is 6.74. The van der Waals surface area contributed by atoms with Gasteiger partial charge < -0.3 is 5.32 Å². The molecule has 18 heavy (non-hydrogen) atoms. The van der Waals surface area contributed by atoms with Crippen molar-refractivity contribution in [3.05, 3.63) is 28.7 Å². The summed E-state index contributed by atoms with van der Waals surface area (Å²) in [5.74, 6) is 0. The summed E-state index contributed by atoms with van der Waals surface area (Å²) >= 11 is 3.34. The third-order valence-electron chi connectivity index (χ3n) is 3.46. The van der Waals surface area contributed by atoms with E-state index in [1.54, 1.807) is 18.2 Å². The lowest BCUT2D eigenvalue weighted by Gasteiger charge is -2.21. The Kier molecular flexibility index (Phi) is 4.45. The van der Waals surface area contributed by atoms with Crippen molar-refractivity contribution in [2.75, 3.05) is 6.54 Å². The normalized spacial score (nSPS) is 24.3. The molecular formula is C13H18BrNO2S. The number of nitrogens with one attached hydrogen (secondary N) is 1.